The summed E-state index contributed by atoms with van der Waals surface area (Å²) < 4.78 is 43.6. The molecule has 226 valence electrons. The van der Waals surface area contributed by atoms with E-state index in [0.717, 1.165) is 62.0 Å². The first-order chi connectivity index (χ1) is 20.1. The van der Waals surface area contributed by atoms with Crippen LogP contribution in [0.4, 0.5) is 13.2 Å². The van der Waals surface area contributed by atoms with E-state index in [1.165, 1.54) is 18.2 Å². The van der Waals surface area contributed by atoms with Crippen molar-refractivity contribution in [2.45, 2.75) is 64.5 Å². The lowest BCUT2D eigenvalue weighted by atomic mass is 9.87. The van der Waals surface area contributed by atoms with Gasteiger partial charge in [0.2, 0.25) is 0 Å². The second-order valence-corrected chi connectivity index (χ2v) is 12.3. The van der Waals surface area contributed by atoms with Crippen LogP contribution < -0.4 is 0 Å². The van der Waals surface area contributed by atoms with Gasteiger partial charge in [-0.2, -0.15) is 5.10 Å². The molecule has 0 amide bonds. The number of carbonyl (C=O) groups is 1. The van der Waals surface area contributed by atoms with Crippen molar-refractivity contribution >= 4 is 5.97 Å². The highest BCUT2D eigenvalue weighted by Crippen LogP contribution is 2.37. The average Bonchev–Trinajstić information content (AvgIpc) is 3.52. The summed E-state index contributed by atoms with van der Waals surface area (Å²) in [5.41, 5.74) is 3.47. The Bertz CT molecular complexity index is 1370. The minimum absolute atomic E-state index is 0.0293. The molecule has 2 aliphatic rings. The van der Waals surface area contributed by atoms with Crippen molar-refractivity contribution in [1.82, 2.24) is 19.6 Å². The van der Waals surface area contributed by atoms with E-state index in [1.54, 1.807) is 12.1 Å². The number of aromatic nitrogens is 2. The van der Waals surface area contributed by atoms with Crippen LogP contribution in [0, 0.1) is 29.3 Å². The van der Waals surface area contributed by atoms with Crippen LogP contribution in [0.25, 0.3) is 0 Å². The maximum Gasteiger partial charge on any atom is 0.321 e. The van der Waals surface area contributed by atoms with Crippen LogP contribution in [0.15, 0.2) is 48.5 Å². The zero-order valence-electron chi connectivity index (χ0n) is 24.6. The van der Waals surface area contributed by atoms with Crippen LogP contribution in [0.3, 0.4) is 0 Å². The van der Waals surface area contributed by atoms with E-state index < -0.39 is 23.6 Å². The Morgan fingerprint density at radius 3 is 2.33 bits per heavy atom. The summed E-state index contributed by atoms with van der Waals surface area (Å²) in [7, 11) is 0. The second kappa shape index (κ2) is 13.0. The summed E-state index contributed by atoms with van der Waals surface area (Å²) in [6.07, 6.45) is 2.30. The van der Waals surface area contributed by atoms with Crippen molar-refractivity contribution in [2.75, 3.05) is 32.7 Å². The number of aliphatic carboxylic acids is 1. The molecule has 0 radical (unpaired) electrons. The monoisotopic (exact) mass is 582 g/mol. The quantitative estimate of drug-likeness (QED) is 0.322. The average molecular weight is 583 g/mol. The summed E-state index contributed by atoms with van der Waals surface area (Å²) in [5.74, 6) is -1.67. The number of carboxylic acid groups (broad SMARTS) is 1. The van der Waals surface area contributed by atoms with Gasteiger partial charge in [0.1, 0.15) is 23.5 Å². The molecule has 0 saturated carbocycles. The number of benzene rings is 2. The zero-order valence-corrected chi connectivity index (χ0v) is 24.6. The summed E-state index contributed by atoms with van der Waals surface area (Å²) in [5, 5.41) is 14.7. The fraction of sp³-hybridized carbons (Fsp3) is 0.515. The van der Waals surface area contributed by atoms with Crippen LogP contribution in [0.2, 0.25) is 0 Å². The van der Waals surface area contributed by atoms with Gasteiger partial charge in [-0.05, 0) is 86.1 Å². The van der Waals surface area contributed by atoms with Crippen LogP contribution in [0.5, 0.6) is 0 Å². The Labute approximate surface area is 246 Å². The molecular formula is C33H41F3N4O2. The van der Waals surface area contributed by atoms with Crippen molar-refractivity contribution in [3.63, 3.8) is 0 Å². The number of likely N-dealkylation sites (tertiary alicyclic amines) is 2. The van der Waals surface area contributed by atoms with Gasteiger partial charge in [0.25, 0.3) is 0 Å². The van der Waals surface area contributed by atoms with Gasteiger partial charge in [0.05, 0.1) is 5.69 Å². The molecule has 0 unspecified atom stereocenters. The number of rotatable bonds is 10. The van der Waals surface area contributed by atoms with E-state index in [4.69, 9.17) is 5.10 Å². The predicted octanol–water partition coefficient (Wildman–Crippen LogP) is 5.92. The van der Waals surface area contributed by atoms with Gasteiger partial charge in [0, 0.05) is 56.2 Å². The molecule has 0 bridgehead atoms. The Kier molecular flexibility index (Phi) is 9.38. The van der Waals surface area contributed by atoms with Crippen molar-refractivity contribution in [1.29, 1.82) is 0 Å². The first kappa shape index (κ1) is 30.3. The smallest absolute Gasteiger partial charge is 0.321 e. The fourth-order valence-corrected chi connectivity index (χ4v) is 7.11. The topological polar surface area (TPSA) is 61.6 Å². The number of hydrogen-bond donors (Lipinski definition) is 1. The van der Waals surface area contributed by atoms with Crippen molar-refractivity contribution in [3.8, 4) is 0 Å². The summed E-state index contributed by atoms with van der Waals surface area (Å²) in [6.45, 7) is 10.6. The van der Waals surface area contributed by atoms with Gasteiger partial charge in [-0.15, -0.1) is 0 Å². The highest BCUT2D eigenvalue weighted by atomic mass is 19.1. The number of piperidine rings is 1. The standard InChI is InChI=1S/C33H41F3N4O2/c1-4-40-31(17-29(37-40)14-22-12-27(35)16-28(36)13-22)23-8-10-38(11-9-23)18-25-19-39(32(21(2)3)33(41)42)20-30(25)24-6-5-7-26(34)15-24/h5-7,12-13,15-17,21,23,25,30,32H,4,8-11,14,18-20H2,1-3H3,(H,41,42)/t25-,30+,32+/m0/s1. The Hall–Kier alpha value is -3.17. The Balaban J connectivity index is 1.26. The van der Waals surface area contributed by atoms with Gasteiger partial charge < -0.3 is 10.0 Å². The maximum absolute atomic E-state index is 14.2. The molecule has 2 fully saturated rings. The lowest BCUT2D eigenvalue weighted by Gasteiger charge is -2.35. The Morgan fingerprint density at radius 2 is 1.71 bits per heavy atom. The minimum Gasteiger partial charge on any atom is -0.480 e. The molecule has 1 N–H and O–H groups in total. The predicted molar refractivity (Wildman–Crippen MR) is 156 cm³/mol. The molecule has 0 spiro atoms. The van der Waals surface area contributed by atoms with E-state index in [2.05, 4.69) is 22.8 Å². The lowest BCUT2D eigenvalue weighted by Crippen LogP contribution is -2.44. The minimum atomic E-state index is -0.807. The van der Waals surface area contributed by atoms with Gasteiger partial charge in [-0.3, -0.25) is 14.4 Å². The molecule has 0 aliphatic carbocycles. The zero-order chi connectivity index (χ0) is 30.0. The molecule has 9 heteroatoms. The number of nitrogens with zero attached hydrogens (tertiary/aromatic N) is 4. The van der Waals surface area contributed by atoms with Gasteiger partial charge in [-0.25, -0.2) is 13.2 Å². The third-order valence-electron chi connectivity index (χ3n) is 8.99. The largest absolute Gasteiger partial charge is 0.480 e. The number of aryl methyl sites for hydroxylation is 1. The van der Waals surface area contributed by atoms with Crippen molar-refractivity contribution in [2.24, 2.45) is 11.8 Å². The second-order valence-electron chi connectivity index (χ2n) is 12.3. The highest BCUT2D eigenvalue weighted by molar-refractivity contribution is 5.73. The van der Waals surface area contributed by atoms with Crippen LogP contribution in [0.1, 0.15) is 68.0 Å². The highest BCUT2D eigenvalue weighted by Gasteiger charge is 2.41. The van der Waals surface area contributed by atoms with Gasteiger partial charge in [0.15, 0.2) is 0 Å². The summed E-state index contributed by atoms with van der Waals surface area (Å²) in [4.78, 5) is 16.7. The summed E-state index contributed by atoms with van der Waals surface area (Å²) in [6, 6.07) is 11.9. The van der Waals surface area contributed by atoms with E-state index in [1.807, 2.05) is 24.6 Å². The van der Waals surface area contributed by atoms with Crippen LogP contribution >= 0.6 is 0 Å². The van der Waals surface area contributed by atoms with E-state index in [9.17, 15) is 23.1 Å². The SMILES string of the molecule is CCn1nc(Cc2cc(F)cc(F)c2)cc1C1CCN(C[C@H]2CN([C@@H](C(=O)O)C(C)C)C[C@@H]2c2cccc(F)c2)CC1. The number of halogens is 3. The van der Waals surface area contributed by atoms with Crippen molar-refractivity contribution in [3.05, 3.63) is 88.5 Å². The molecule has 5 rings (SSSR count). The third-order valence-corrected chi connectivity index (χ3v) is 8.99. The fourth-order valence-electron chi connectivity index (χ4n) is 7.11. The molecule has 3 heterocycles. The first-order valence-electron chi connectivity index (χ1n) is 15.1. The normalized spacial score (nSPS) is 21.3. The molecule has 3 atom stereocenters. The Morgan fingerprint density at radius 1 is 1.00 bits per heavy atom. The van der Waals surface area contributed by atoms with Gasteiger partial charge >= 0.3 is 5.97 Å². The molecule has 2 aliphatic heterocycles. The van der Waals surface area contributed by atoms with E-state index >= 15 is 0 Å². The van der Waals surface area contributed by atoms with Crippen LogP contribution in [-0.2, 0) is 17.8 Å². The summed E-state index contributed by atoms with van der Waals surface area (Å²) >= 11 is 0. The van der Waals surface area contributed by atoms with E-state index in [-0.39, 0.29) is 23.6 Å². The van der Waals surface area contributed by atoms with Gasteiger partial charge in [-0.1, -0.05) is 26.0 Å². The lowest BCUT2D eigenvalue weighted by molar-refractivity contribution is -0.144. The van der Waals surface area contributed by atoms with Crippen LogP contribution in [-0.4, -0.2) is 69.4 Å². The molecule has 3 aromatic rings. The van der Waals surface area contributed by atoms with E-state index in [0.29, 0.717) is 31.0 Å². The molecule has 1 aromatic heterocycles. The maximum atomic E-state index is 14.2. The molecular weight excluding hydrogens is 541 g/mol. The first-order valence-corrected chi connectivity index (χ1v) is 15.1. The van der Waals surface area contributed by atoms with Crippen molar-refractivity contribution < 1.29 is 23.1 Å². The molecule has 6 nitrogen and oxygen atoms in total. The third kappa shape index (κ3) is 6.89. The molecule has 42 heavy (non-hydrogen) atoms. The number of carboxylic acids is 1. The number of hydrogen-bond acceptors (Lipinski definition) is 4. The molecule has 2 saturated heterocycles. The molecule has 2 aromatic carbocycles.